The van der Waals surface area contributed by atoms with Crippen LogP contribution in [-0.2, 0) is 0 Å². The van der Waals surface area contributed by atoms with Gasteiger partial charge in [-0.15, -0.1) is 0 Å². The largest absolute Gasteiger partial charge is 0.337 e. The summed E-state index contributed by atoms with van der Waals surface area (Å²) in [5.41, 5.74) is 0.698. The Morgan fingerprint density at radius 1 is 1.50 bits per heavy atom. The second kappa shape index (κ2) is 3.87. The average Bonchev–Trinajstić information content (AvgIpc) is 2.68. The molecule has 3 rings (SSSR count). The van der Waals surface area contributed by atoms with Crippen LogP contribution in [0.15, 0.2) is 24.5 Å². The summed E-state index contributed by atoms with van der Waals surface area (Å²) in [5, 5.41) is 3.45. The van der Waals surface area contributed by atoms with E-state index in [4.69, 9.17) is 0 Å². The zero-order valence-electron chi connectivity index (χ0n) is 9.10. The van der Waals surface area contributed by atoms with E-state index in [0.29, 0.717) is 17.5 Å². The molecule has 2 unspecified atom stereocenters. The molecule has 84 valence electrons. The highest BCUT2D eigenvalue weighted by molar-refractivity contribution is 5.94. The van der Waals surface area contributed by atoms with Crippen molar-refractivity contribution < 1.29 is 4.79 Å². The third-order valence-electron chi connectivity index (χ3n) is 3.43. The molecule has 0 radical (unpaired) electrons. The molecule has 0 aliphatic carbocycles. The van der Waals surface area contributed by atoms with Gasteiger partial charge in [-0.1, -0.05) is 0 Å². The molecule has 2 aliphatic heterocycles. The smallest absolute Gasteiger partial charge is 0.255 e. The number of nitrogens with one attached hydrogen (secondary N) is 1. The summed E-state index contributed by atoms with van der Waals surface area (Å²) < 4.78 is 0. The molecule has 2 saturated heterocycles. The predicted molar refractivity (Wildman–Crippen MR) is 60.0 cm³/mol. The number of hydrogen-bond donors (Lipinski definition) is 1. The second-order valence-electron chi connectivity index (χ2n) is 4.66. The van der Waals surface area contributed by atoms with E-state index in [1.54, 1.807) is 12.4 Å². The Morgan fingerprint density at radius 3 is 3.19 bits per heavy atom. The van der Waals surface area contributed by atoms with E-state index in [1.807, 2.05) is 17.0 Å². The first-order chi connectivity index (χ1) is 7.83. The number of carbonyl (C=O) groups is 1. The minimum absolute atomic E-state index is 0.117. The average molecular weight is 217 g/mol. The van der Waals surface area contributed by atoms with Crippen molar-refractivity contribution in [3.8, 4) is 0 Å². The fourth-order valence-electron chi connectivity index (χ4n) is 2.67. The number of amides is 1. The zero-order chi connectivity index (χ0) is 11.0. The Hall–Kier alpha value is -1.42. The van der Waals surface area contributed by atoms with Gasteiger partial charge in [0.25, 0.3) is 5.91 Å². The number of aromatic nitrogens is 1. The maximum absolute atomic E-state index is 12.2. The maximum atomic E-state index is 12.2. The highest BCUT2D eigenvalue weighted by Crippen LogP contribution is 2.23. The maximum Gasteiger partial charge on any atom is 0.255 e. The van der Waals surface area contributed by atoms with Crippen molar-refractivity contribution in [1.82, 2.24) is 15.2 Å². The van der Waals surface area contributed by atoms with Gasteiger partial charge in [0.2, 0.25) is 0 Å². The number of hydrogen-bond acceptors (Lipinski definition) is 3. The van der Waals surface area contributed by atoms with E-state index in [-0.39, 0.29) is 5.91 Å². The molecule has 3 heterocycles. The molecule has 2 bridgehead atoms. The first kappa shape index (κ1) is 9.78. The summed E-state index contributed by atoms with van der Waals surface area (Å²) in [6.07, 6.45) is 4.56. The summed E-state index contributed by atoms with van der Waals surface area (Å²) in [4.78, 5) is 18.1. The molecule has 1 N–H and O–H groups in total. The van der Waals surface area contributed by atoms with Gasteiger partial charge in [-0.25, -0.2) is 0 Å². The van der Waals surface area contributed by atoms with Crippen LogP contribution in [0.4, 0.5) is 0 Å². The topological polar surface area (TPSA) is 45.2 Å². The fraction of sp³-hybridized carbons (Fsp3) is 0.500. The molecule has 16 heavy (non-hydrogen) atoms. The van der Waals surface area contributed by atoms with E-state index < -0.39 is 0 Å². The SMILES string of the molecule is O=C(c1cccnc1)N1CC2CNC(C2)C1. The van der Waals surface area contributed by atoms with Gasteiger partial charge in [-0.3, -0.25) is 9.78 Å². The number of likely N-dealkylation sites (tertiary alicyclic amines) is 1. The Balaban J connectivity index is 1.76. The molecule has 1 aromatic rings. The van der Waals surface area contributed by atoms with Crippen molar-refractivity contribution in [3.63, 3.8) is 0 Å². The fourth-order valence-corrected chi connectivity index (χ4v) is 2.67. The van der Waals surface area contributed by atoms with Gasteiger partial charge in [0.15, 0.2) is 0 Å². The van der Waals surface area contributed by atoms with Gasteiger partial charge in [-0.05, 0) is 24.5 Å². The molecule has 4 nitrogen and oxygen atoms in total. The van der Waals surface area contributed by atoms with Crippen molar-refractivity contribution >= 4 is 5.91 Å². The Labute approximate surface area is 94.7 Å². The van der Waals surface area contributed by atoms with Crippen molar-refractivity contribution in [2.75, 3.05) is 19.6 Å². The van der Waals surface area contributed by atoms with Gasteiger partial charge in [0, 0.05) is 38.1 Å². The van der Waals surface area contributed by atoms with E-state index in [0.717, 1.165) is 19.6 Å². The lowest BCUT2D eigenvalue weighted by Crippen LogP contribution is -2.44. The lowest BCUT2D eigenvalue weighted by Gasteiger charge is -2.31. The predicted octanol–water partition coefficient (Wildman–Crippen LogP) is 0.515. The molecule has 0 spiro atoms. The number of nitrogens with zero attached hydrogens (tertiary/aromatic N) is 2. The number of piperidine rings is 1. The molecule has 1 aromatic heterocycles. The van der Waals surface area contributed by atoms with E-state index in [2.05, 4.69) is 10.3 Å². The van der Waals surface area contributed by atoms with Crippen molar-refractivity contribution in [1.29, 1.82) is 0 Å². The van der Waals surface area contributed by atoms with Crippen LogP contribution >= 0.6 is 0 Å². The Morgan fingerprint density at radius 2 is 2.44 bits per heavy atom. The van der Waals surface area contributed by atoms with E-state index in [1.165, 1.54) is 6.42 Å². The van der Waals surface area contributed by atoms with Gasteiger partial charge < -0.3 is 10.2 Å². The Bertz CT molecular complexity index is 381. The molecule has 2 aliphatic rings. The van der Waals surface area contributed by atoms with Crippen LogP contribution in [-0.4, -0.2) is 41.5 Å². The molecular formula is C12H15N3O. The van der Waals surface area contributed by atoms with Crippen LogP contribution in [0.25, 0.3) is 0 Å². The first-order valence-corrected chi connectivity index (χ1v) is 5.75. The third-order valence-corrected chi connectivity index (χ3v) is 3.43. The number of carbonyl (C=O) groups excluding carboxylic acids is 1. The summed E-state index contributed by atoms with van der Waals surface area (Å²) in [6.45, 7) is 2.78. The summed E-state index contributed by atoms with van der Waals surface area (Å²) in [6, 6.07) is 4.14. The van der Waals surface area contributed by atoms with E-state index in [9.17, 15) is 4.79 Å². The summed E-state index contributed by atoms with van der Waals surface area (Å²) in [5.74, 6) is 0.755. The minimum Gasteiger partial charge on any atom is -0.337 e. The van der Waals surface area contributed by atoms with Gasteiger partial charge in [0.05, 0.1) is 5.56 Å². The second-order valence-corrected chi connectivity index (χ2v) is 4.66. The molecule has 0 saturated carbocycles. The monoisotopic (exact) mass is 217 g/mol. The lowest BCUT2D eigenvalue weighted by atomic mass is 9.99. The van der Waals surface area contributed by atoms with Crippen LogP contribution in [0.5, 0.6) is 0 Å². The zero-order valence-corrected chi connectivity index (χ0v) is 9.10. The number of pyridine rings is 1. The van der Waals surface area contributed by atoms with Gasteiger partial charge >= 0.3 is 0 Å². The lowest BCUT2D eigenvalue weighted by molar-refractivity contribution is 0.0691. The molecular weight excluding hydrogens is 202 g/mol. The quantitative estimate of drug-likeness (QED) is 0.745. The third kappa shape index (κ3) is 1.69. The first-order valence-electron chi connectivity index (χ1n) is 5.75. The molecule has 1 amide bonds. The van der Waals surface area contributed by atoms with E-state index >= 15 is 0 Å². The molecule has 0 aromatic carbocycles. The molecule has 4 heteroatoms. The van der Waals surface area contributed by atoms with Crippen LogP contribution in [0.1, 0.15) is 16.8 Å². The van der Waals surface area contributed by atoms with Gasteiger partial charge in [-0.2, -0.15) is 0 Å². The van der Waals surface area contributed by atoms with Crippen LogP contribution in [0, 0.1) is 5.92 Å². The van der Waals surface area contributed by atoms with Crippen molar-refractivity contribution in [2.24, 2.45) is 5.92 Å². The van der Waals surface area contributed by atoms with Crippen LogP contribution in [0.3, 0.4) is 0 Å². The standard InChI is InChI=1S/C12H15N3O/c16-12(10-2-1-3-13-6-10)15-7-9-4-11(8-15)14-5-9/h1-3,6,9,11,14H,4-5,7-8H2. The number of rotatable bonds is 1. The normalized spacial score (nSPS) is 28.1. The summed E-state index contributed by atoms with van der Waals surface area (Å²) >= 11 is 0. The van der Waals surface area contributed by atoms with Crippen molar-refractivity contribution in [2.45, 2.75) is 12.5 Å². The summed E-state index contributed by atoms with van der Waals surface area (Å²) in [7, 11) is 0. The van der Waals surface area contributed by atoms with Crippen LogP contribution in [0.2, 0.25) is 0 Å². The van der Waals surface area contributed by atoms with Crippen LogP contribution < -0.4 is 5.32 Å². The molecule has 2 fully saturated rings. The van der Waals surface area contributed by atoms with Gasteiger partial charge in [0.1, 0.15) is 0 Å². The minimum atomic E-state index is 0.117. The highest BCUT2D eigenvalue weighted by atomic mass is 16.2. The highest BCUT2D eigenvalue weighted by Gasteiger charge is 2.34. The Kier molecular flexibility index (Phi) is 2.36. The number of fused-ring (bicyclic) bond motifs is 2. The van der Waals surface area contributed by atoms with Crippen molar-refractivity contribution in [3.05, 3.63) is 30.1 Å². The molecule has 2 atom stereocenters.